The molecule has 0 aromatic carbocycles. The van der Waals surface area contributed by atoms with Gasteiger partial charge in [0.05, 0.1) is 5.56 Å². The van der Waals surface area contributed by atoms with Crippen molar-refractivity contribution in [1.29, 1.82) is 0 Å². The molecule has 2 N–H and O–H groups in total. The number of rotatable bonds is 1. The predicted octanol–water partition coefficient (Wildman–Crippen LogP) is 2.20. The molecule has 0 atom stereocenters. The lowest BCUT2D eigenvalue weighted by molar-refractivity contribution is -0.137. The van der Waals surface area contributed by atoms with Crippen LogP contribution in [0.5, 0.6) is 0 Å². The Labute approximate surface area is 92.1 Å². The largest absolute Gasteiger partial charge is 0.417 e. The molecular weight excluding hydrogens is 241 g/mol. The van der Waals surface area contributed by atoms with Crippen LogP contribution >= 0.6 is 11.5 Å². The van der Waals surface area contributed by atoms with Crippen LogP contribution in [0.4, 0.5) is 18.3 Å². The van der Waals surface area contributed by atoms with Gasteiger partial charge in [0.25, 0.3) is 0 Å². The summed E-state index contributed by atoms with van der Waals surface area (Å²) in [4.78, 5) is 7.45. The van der Waals surface area contributed by atoms with Gasteiger partial charge in [-0.05, 0) is 12.1 Å². The van der Waals surface area contributed by atoms with Crippen molar-refractivity contribution < 1.29 is 13.2 Å². The minimum Gasteiger partial charge on any atom is -0.374 e. The van der Waals surface area contributed by atoms with Gasteiger partial charge in [-0.1, -0.05) is 0 Å². The fraction of sp³-hybridized carbons (Fsp3) is 0.125. The Morgan fingerprint density at radius 3 is 2.44 bits per heavy atom. The predicted molar refractivity (Wildman–Crippen MR) is 52.6 cm³/mol. The van der Waals surface area contributed by atoms with E-state index in [1.165, 1.54) is 6.07 Å². The lowest BCUT2D eigenvalue weighted by Gasteiger charge is -2.05. The molecule has 0 radical (unpaired) electrons. The molecule has 2 rings (SSSR count). The van der Waals surface area contributed by atoms with Gasteiger partial charge in [0.15, 0.2) is 11.0 Å². The number of pyridine rings is 1. The standard InChI is InChI=1S/C8H5F3N4S/c9-8(10,11)4-1-2-5(13-3-4)6-14-7(12)16-15-6/h1-3H,(H2,12,14,15). The zero-order valence-electron chi connectivity index (χ0n) is 7.69. The van der Waals surface area contributed by atoms with Crippen LogP contribution in [-0.2, 0) is 6.18 Å². The minimum atomic E-state index is -4.39. The first-order chi connectivity index (χ1) is 7.47. The Morgan fingerprint density at radius 2 is 2.00 bits per heavy atom. The number of nitrogen functional groups attached to an aromatic ring is 1. The molecule has 0 amide bonds. The van der Waals surface area contributed by atoms with Crippen molar-refractivity contribution in [2.24, 2.45) is 0 Å². The van der Waals surface area contributed by atoms with E-state index in [-0.39, 0.29) is 16.6 Å². The number of alkyl halides is 3. The molecule has 0 fully saturated rings. The van der Waals surface area contributed by atoms with E-state index >= 15 is 0 Å². The van der Waals surface area contributed by atoms with Crippen molar-refractivity contribution in [2.45, 2.75) is 6.18 Å². The van der Waals surface area contributed by atoms with E-state index in [4.69, 9.17) is 5.73 Å². The van der Waals surface area contributed by atoms with Crippen LogP contribution in [0, 0.1) is 0 Å². The van der Waals surface area contributed by atoms with E-state index in [0.717, 1.165) is 23.8 Å². The van der Waals surface area contributed by atoms with Crippen LogP contribution in [-0.4, -0.2) is 14.3 Å². The van der Waals surface area contributed by atoms with Gasteiger partial charge in [0.1, 0.15) is 5.69 Å². The van der Waals surface area contributed by atoms with Crippen molar-refractivity contribution in [3.63, 3.8) is 0 Å². The van der Waals surface area contributed by atoms with Gasteiger partial charge in [0.2, 0.25) is 0 Å². The molecule has 0 aliphatic rings. The third kappa shape index (κ3) is 2.11. The molecule has 16 heavy (non-hydrogen) atoms. The highest BCUT2D eigenvalue weighted by atomic mass is 32.1. The number of halogens is 3. The monoisotopic (exact) mass is 246 g/mol. The van der Waals surface area contributed by atoms with E-state index in [1.807, 2.05) is 0 Å². The van der Waals surface area contributed by atoms with Crippen molar-refractivity contribution in [2.75, 3.05) is 5.73 Å². The zero-order valence-corrected chi connectivity index (χ0v) is 8.51. The van der Waals surface area contributed by atoms with E-state index in [2.05, 4.69) is 14.3 Å². The number of nitrogens with zero attached hydrogens (tertiary/aromatic N) is 3. The normalized spacial score (nSPS) is 11.7. The Morgan fingerprint density at radius 1 is 1.25 bits per heavy atom. The topological polar surface area (TPSA) is 64.7 Å². The Hall–Kier alpha value is -1.70. The van der Waals surface area contributed by atoms with Crippen molar-refractivity contribution in [1.82, 2.24) is 14.3 Å². The summed E-state index contributed by atoms with van der Waals surface area (Å²) < 4.78 is 40.6. The van der Waals surface area contributed by atoms with Gasteiger partial charge in [-0.25, -0.2) is 0 Å². The second-order valence-corrected chi connectivity index (χ2v) is 3.67. The summed E-state index contributed by atoms with van der Waals surface area (Å²) in [7, 11) is 0. The first-order valence-electron chi connectivity index (χ1n) is 4.09. The molecule has 0 aliphatic heterocycles. The number of anilines is 1. The summed E-state index contributed by atoms with van der Waals surface area (Å²) in [6, 6.07) is 2.14. The molecule has 0 saturated carbocycles. The van der Waals surface area contributed by atoms with E-state index in [9.17, 15) is 13.2 Å². The van der Waals surface area contributed by atoms with Crippen molar-refractivity contribution >= 4 is 16.7 Å². The highest BCUT2D eigenvalue weighted by molar-refractivity contribution is 7.09. The van der Waals surface area contributed by atoms with E-state index in [1.54, 1.807) is 0 Å². The highest BCUT2D eigenvalue weighted by Gasteiger charge is 2.30. The SMILES string of the molecule is Nc1nc(-c2ccc(C(F)(F)F)cn2)ns1. The number of hydrogen-bond acceptors (Lipinski definition) is 5. The van der Waals surface area contributed by atoms with Crippen molar-refractivity contribution in [3.05, 3.63) is 23.9 Å². The number of hydrogen-bond donors (Lipinski definition) is 1. The fourth-order valence-electron chi connectivity index (χ4n) is 1.03. The third-order valence-electron chi connectivity index (χ3n) is 1.76. The molecule has 0 aliphatic carbocycles. The van der Waals surface area contributed by atoms with Crippen LogP contribution in [0.15, 0.2) is 18.3 Å². The van der Waals surface area contributed by atoms with Gasteiger partial charge in [-0.3, -0.25) is 4.98 Å². The van der Waals surface area contributed by atoms with Crippen LogP contribution < -0.4 is 5.73 Å². The molecule has 0 saturated heterocycles. The summed E-state index contributed by atoms with van der Waals surface area (Å²) in [5, 5.41) is 0.247. The summed E-state index contributed by atoms with van der Waals surface area (Å²) in [5.74, 6) is 0.233. The molecule has 2 aromatic rings. The van der Waals surface area contributed by atoms with E-state index < -0.39 is 11.7 Å². The molecule has 2 aromatic heterocycles. The Bertz CT molecular complexity index is 491. The van der Waals surface area contributed by atoms with Gasteiger partial charge >= 0.3 is 6.18 Å². The van der Waals surface area contributed by atoms with E-state index in [0.29, 0.717) is 0 Å². The molecule has 0 unspecified atom stereocenters. The molecule has 8 heteroatoms. The maximum absolute atomic E-state index is 12.2. The Balaban J connectivity index is 2.33. The quantitative estimate of drug-likeness (QED) is 0.837. The maximum Gasteiger partial charge on any atom is 0.417 e. The average Bonchev–Trinajstić information content (AvgIpc) is 2.64. The van der Waals surface area contributed by atoms with Crippen molar-refractivity contribution in [3.8, 4) is 11.5 Å². The summed E-state index contributed by atoms with van der Waals surface area (Å²) >= 11 is 0.963. The molecule has 0 spiro atoms. The Kier molecular flexibility index (Phi) is 2.50. The second kappa shape index (κ2) is 3.71. The molecule has 4 nitrogen and oxygen atoms in total. The molecule has 0 bridgehead atoms. The molecule has 84 valence electrons. The van der Waals surface area contributed by atoms with Crippen LogP contribution in [0.3, 0.4) is 0 Å². The first-order valence-corrected chi connectivity index (χ1v) is 4.87. The smallest absolute Gasteiger partial charge is 0.374 e. The lowest BCUT2D eigenvalue weighted by Crippen LogP contribution is -2.05. The summed E-state index contributed by atoms with van der Waals surface area (Å²) in [5.41, 5.74) is 4.81. The summed E-state index contributed by atoms with van der Waals surface area (Å²) in [6.45, 7) is 0. The van der Waals surface area contributed by atoms with Gasteiger partial charge in [-0.2, -0.15) is 22.5 Å². The van der Waals surface area contributed by atoms with Crippen LogP contribution in [0.1, 0.15) is 5.56 Å². The summed E-state index contributed by atoms with van der Waals surface area (Å²) in [6.07, 6.45) is -3.65. The fourth-order valence-corrected chi connectivity index (χ4v) is 1.47. The maximum atomic E-state index is 12.2. The highest BCUT2D eigenvalue weighted by Crippen LogP contribution is 2.29. The number of aromatic nitrogens is 3. The van der Waals surface area contributed by atoms with Gasteiger partial charge < -0.3 is 5.73 Å². The molecular formula is C8H5F3N4S. The zero-order chi connectivity index (χ0) is 11.8. The first kappa shape index (κ1) is 10.8. The molecule has 2 heterocycles. The number of nitrogens with two attached hydrogens (primary N) is 1. The average molecular weight is 246 g/mol. The van der Waals surface area contributed by atoms with Gasteiger partial charge in [0, 0.05) is 17.7 Å². The van der Waals surface area contributed by atoms with Gasteiger partial charge in [-0.15, -0.1) is 0 Å². The van der Waals surface area contributed by atoms with Crippen LogP contribution in [0.25, 0.3) is 11.5 Å². The second-order valence-electron chi connectivity index (χ2n) is 2.89. The minimum absolute atomic E-state index is 0.233. The lowest BCUT2D eigenvalue weighted by atomic mass is 10.2. The van der Waals surface area contributed by atoms with Crippen LogP contribution in [0.2, 0.25) is 0 Å². The third-order valence-corrected chi connectivity index (χ3v) is 2.30.